The highest BCUT2D eigenvalue weighted by Gasteiger charge is 2.24. The Morgan fingerprint density at radius 2 is 1.88 bits per heavy atom. The van der Waals surface area contributed by atoms with E-state index in [2.05, 4.69) is 20.7 Å². The predicted octanol–water partition coefficient (Wildman–Crippen LogP) is 0.735. The van der Waals surface area contributed by atoms with Crippen LogP contribution in [-0.4, -0.2) is 11.9 Å². The molecule has 42 valence electrons. The number of rotatable bonds is 1. The van der Waals surface area contributed by atoms with Crippen LogP contribution in [0.15, 0.2) is 20.7 Å². The summed E-state index contributed by atoms with van der Waals surface area (Å²) in [5.41, 5.74) is -1.03. The molecule has 0 fully saturated rings. The molecule has 0 bridgehead atoms. The molecule has 0 atom stereocenters. The molecule has 1 aliphatic heterocycles. The van der Waals surface area contributed by atoms with Gasteiger partial charge in [-0.25, -0.2) is 0 Å². The Balaban J connectivity index is 2.83. The van der Waals surface area contributed by atoms with Gasteiger partial charge in [0, 0.05) is 0 Å². The number of hydrogen-bond donors (Lipinski definition) is 0. The number of carbonyl (C=O) groups is 1. The molecule has 1 aliphatic rings. The van der Waals surface area contributed by atoms with Crippen LogP contribution in [0.3, 0.4) is 0 Å². The van der Waals surface area contributed by atoms with Gasteiger partial charge in [-0.3, -0.25) is 4.79 Å². The van der Waals surface area contributed by atoms with E-state index in [1.165, 1.54) is 6.92 Å². The van der Waals surface area contributed by atoms with E-state index in [0.29, 0.717) is 6.29 Å². The first-order valence-electron chi connectivity index (χ1n) is 2.07. The Morgan fingerprint density at radius 3 is 2.12 bits per heavy atom. The molecule has 0 N–H and O–H groups in total. The van der Waals surface area contributed by atoms with Crippen LogP contribution in [0.1, 0.15) is 6.92 Å². The smallest absolute Gasteiger partial charge is 0.246 e. The van der Waals surface area contributed by atoms with Gasteiger partial charge in [-0.05, 0) is 17.4 Å². The zero-order chi connectivity index (χ0) is 6.04. The molecule has 0 aromatic rings. The molecule has 5 heteroatoms. The van der Waals surface area contributed by atoms with Crippen molar-refractivity contribution in [3.8, 4) is 0 Å². The van der Waals surface area contributed by atoms with Crippen molar-refractivity contribution in [2.45, 2.75) is 12.6 Å². The second-order valence-electron chi connectivity index (χ2n) is 1.59. The summed E-state index contributed by atoms with van der Waals surface area (Å²) in [7, 11) is 0. The first-order valence-corrected chi connectivity index (χ1v) is 2.07. The Morgan fingerprint density at radius 1 is 1.38 bits per heavy atom. The molecular weight excluding hydrogens is 108 g/mol. The third-order valence-electron chi connectivity index (χ3n) is 0.758. The second kappa shape index (κ2) is 1.43. The lowest BCUT2D eigenvalue weighted by molar-refractivity contribution is -0.111. The van der Waals surface area contributed by atoms with Gasteiger partial charge in [-0.1, -0.05) is 0 Å². The zero-order valence-corrected chi connectivity index (χ0v) is 4.27. The van der Waals surface area contributed by atoms with Crippen molar-refractivity contribution >= 4 is 6.29 Å². The topological polar surface area (TPSA) is 66.5 Å². The van der Waals surface area contributed by atoms with E-state index in [9.17, 15) is 4.79 Å². The Kier molecular flexibility index (Phi) is 0.896. The standard InChI is InChI=1S/C3H4N4O/c1-3(2-8)4-6-7-5-3/h2H,1H3. The van der Waals surface area contributed by atoms with Crippen molar-refractivity contribution in [3.63, 3.8) is 0 Å². The Labute approximate surface area is 45.5 Å². The Hall–Kier alpha value is -1.13. The summed E-state index contributed by atoms with van der Waals surface area (Å²) in [6, 6.07) is 0. The van der Waals surface area contributed by atoms with Gasteiger partial charge in [-0.2, -0.15) is 0 Å². The third kappa shape index (κ3) is 0.617. The molecule has 0 spiro atoms. The number of hydrogen-bond acceptors (Lipinski definition) is 5. The maximum absolute atomic E-state index is 10.0. The summed E-state index contributed by atoms with van der Waals surface area (Å²) in [6.45, 7) is 1.53. The van der Waals surface area contributed by atoms with Crippen LogP contribution in [0.5, 0.6) is 0 Å². The fraction of sp³-hybridized carbons (Fsp3) is 0.667. The van der Waals surface area contributed by atoms with E-state index >= 15 is 0 Å². The van der Waals surface area contributed by atoms with Crippen LogP contribution in [0.4, 0.5) is 0 Å². The van der Waals surface area contributed by atoms with Crippen molar-refractivity contribution in [1.82, 2.24) is 0 Å². The van der Waals surface area contributed by atoms with Crippen LogP contribution in [0, 0.1) is 0 Å². The Bertz CT molecular complexity index is 149. The van der Waals surface area contributed by atoms with Gasteiger partial charge >= 0.3 is 0 Å². The molecular formula is C3H4N4O. The maximum atomic E-state index is 10.0. The molecule has 0 aromatic heterocycles. The first-order chi connectivity index (χ1) is 3.77. The molecule has 5 nitrogen and oxygen atoms in total. The van der Waals surface area contributed by atoms with Gasteiger partial charge in [0.1, 0.15) is 0 Å². The fourth-order valence-corrected chi connectivity index (χ4v) is 0.288. The van der Waals surface area contributed by atoms with Crippen LogP contribution in [0.25, 0.3) is 0 Å². The molecule has 0 radical (unpaired) electrons. The van der Waals surface area contributed by atoms with Gasteiger partial charge in [-0.15, -0.1) is 10.2 Å². The quantitative estimate of drug-likeness (QED) is 0.461. The predicted molar refractivity (Wildman–Crippen MR) is 24.2 cm³/mol. The molecule has 1 rings (SSSR count). The summed E-state index contributed by atoms with van der Waals surface area (Å²) >= 11 is 0. The molecule has 0 saturated carbocycles. The number of carbonyl (C=O) groups excluding carboxylic acids is 1. The lowest BCUT2D eigenvalue weighted by Gasteiger charge is -1.98. The summed E-state index contributed by atoms with van der Waals surface area (Å²) < 4.78 is 0. The first kappa shape index (κ1) is 5.02. The van der Waals surface area contributed by atoms with E-state index in [1.54, 1.807) is 0 Å². The molecule has 1 heterocycles. The largest absolute Gasteiger partial charge is 0.298 e. The number of aldehydes is 1. The average Bonchev–Trinajstić information content (AvgIpc) is 2.17. The van der Waals surface area contributed by atoms with Gasteiger partial charge in [0.25, 0.3) is 0 Å². The number of nitrogens with zero attached hydrogens (tertiary/aromatic N) is 4. The molecule has 0 aromatic carbocycles. The third-order valence-corrected chi connectivity index (χ3v) is 0.758. The highest BCUT2D eigenvalue weighted by Crippen LogP contribution is 2.15. The lowest BCUT2D eigenvalue weighted by Crippen LogP contribution is -2.16. The fourth-order valence-electron chi connectivity index (χ4n) is 0.288. The minimum atomic E-state index is -1.03. The summed E-state index contributed by atoms with van der Waals surface area (Å²) in [5.74, 6) is 0. The van der Waals surface area contributed by atoms with Crippen molar-refractivity contribution in [2.24, 2.45) is 20.7 Å². The minimum absolute atomic E-state index is 0.590. The average molecular weight is 112 g/mol. The minimum Gasteiger partial charge on any atom is -0.298 e. The summed E-state index contributed by atoms with van der Waals surface area (Å²) in [5, 5.41) is 13.1. The van der Waals surface area contributed by atoms with Crippen molar-refractivity contribution in [3.05, 3.63) is 0 Å². The monoisotopic (exact) mass is 112 g/mol. The van der Waals surface area contributed by atoms with Crippen LogP contribution in [0.2, 0.25) is 0 Å². The van der Waals surface area contributed by atoms with Crippen molar-refractivity contribution in [1.29, 1.82) is 0 Å². The van der Waals surface area contributed by atoms with E-state index in [0.717, 1.165) is 0 Å². The van der Waals surface area contributed by atoms with Crippen molar-refractivity contribution < 1.29 is 4.79 Å². The van der Waals surface area contributed by atoms with E-state index in [4.69, 9.17) is 0 Å². The lowest BCUT2D eigenvalue weighted by atomic mass is 10.3. The van der Waals surface area contributed by atoms with Crippen LogP contribution < -0.4 is 0 Å². The van der Waals surface area contributed by atoms with E-state index in [1.807, 2.05) is 0 Å². The highest BCUT2D eigenvalue weighted by atomic mass is 16.1. The van der Waals surface area contributed by atoms with Crippen LogP contribution >= 0.6 is 0 Å². The second-order valence-corrected chi connectivity index (χ2v) is 1.59. The van der Waals surface area contributed by atoms with E-state index in [-0.39, 0.29) is 0 Å². The molecule has 0 amide bonds. The van der Waals surface area contributed by atoms with Gasteiger partial charge in [0.2, 0.25) is 5.66 Å². The normalized spacial score (nSPS) is 21.6. The van der Waals surface area contributed by atoms with Gasteiger partial charge < -0.3 is 0 Å². The summed E-state index contributed by atoms with van der Waals surface area (Å²) in [6.07, 6.45) is 0.590. The zero-order valence-electron chi connectivity index (χ0n) is 4.27. The molecule has 0 aliphatic carbocycles. The SMILES string of the molecule is CC1(C=O)N=NN=N1. The molecule has 0 unspecified atom stereocenters. The molecule has 8 heavy (non-hydrogen) atoms. The molecule has 0 saturated heterocycles. The maximum Gasteiger partial charge on any atom is 0.246 e. The van der Waals surface area contributed by atoms with Gasteiger partial charge in [0.05, 0.1) is 0 Å². The summed E-state index contributed by atoms with van der Waals surface area (Å²) in [4.78, 5) is 10.0. The van der Waals surface area contributed by atoms with Crippen LogP contribution in [-0.2, 0) is 4.79 Å². The van der Waals surface area contributed by atoms with E-state index < -0.39 is 5.66 Å². The van der Waals surface area contributed by atoms with Gasteiger partial charge in [0.15, 0.2) is 6.29 Å². The highest BCUT2D eigenvalue weighted by molar-refractivity contribution is 5.62. The van der Waals surface area contributed by atoms with Crippen molar-refractivity contribution in [2.75, 3.05) is 0 Å².